The Morgan fingerprint density at radius 3 is 2.61 bits per heavy atom. The molecule has 2 nitrogen and oxygen atoms in total. The monoisotopic (exact) mass is 260 g/mol. The van der Waals surface area contributed by atoms with Gasteiger partial charge in [0, 0.05) is 0 Å². The van der Waals surface area contributed by atoms with Crippen molar-refractivity contribution in [3.63, 3.8) is 0 Å². The standard InChI is InChI=1S/C13H15F3O2/c1-2-11(18)6-3-4-9-8-10(17)5-7-12(9,11)13(14,15)16/h1,8,10,17-18H,3-7H2/t10-,11-,12+/m0/s1. The molecule has 1 saturated carbocycles. The number of fused-ring (bicyclic) bond motifs is 1. The van der Waals surface area contributed by atoms with Crippen LogP contribution in [0, 0.1) is 17.8 Å². The van der Waals surface area contributed by atoms with E-state index in [2.05, 4.69) is 0 Å². The van der Waals surface area contributed by atoms with Crippen LogP contribution in [-0.2, 0) is 0 Å². The minimum atomic E-state index is -4.61. The summed E-state index contributed by atoms with van der Waals surface area (Å²) in [6.07, 6.45) is 1.07. The highest BCUT2D eigenvalue weighted by molar-refractivity contribution is 5.36. The van der Waals surface area contributed by atoms with Crippen molar-refractivity contribution in [2.45, 2.75) is 50.0 Å². The molecule has 5 heteroatoms. The molecular weight excluding hydrogens is 245 g/mol. The summed E-state index contributed by atoms with van der Waals surface area (Å²) in [5, 5.41) is 19.8. The average Bonchev–Trinajstić information content (AvgIpc) is 2.27. The zero-order valence-corrected chi connectivity index (χ0v) is 9.80. The molecule has 0 heterocycles. The molecule has 0 aromatic rings. The number of hydrogen-bond donors (Lipinski definition) is 2. The van der Waals surface area contributed by atoms with Crippen LogP contribution in [0.25, 0.3) is 0 Å². The van der Waals surface area contributed by atoms with Gasteiger partial charge < -0.3 is 10.2 Å². The summed E-state index contributed by atoms with van der Waals surface area (Å²) in [6, 6.07) is 0. The number of alkyl halides is 3. The van der Waals surface area contributed by atoms with Crippen molar-refractivity contribution in [2.75, 3.05) is 0 Å². The number of rotatable bonds is 0. The third kappa shape index (κ3) is 1.59. The summed E-state index contributed by atoms with van der Waals surface area (Å²) >= 11 is 0. The van der Waals surface area contributed by atoms with Crippen LogP contribution in [0.4, 0.5) is 13.2 Å². The van der Waals surface area contributed by atoms with E-state index in [1.807, 2.05) is 5.92 Å². The molecule has 0 radical (unpaired) electrons. The molecule has 0 aliphatic heterocycles. The van der Waals surface area contributed by atoms with Crippen molar-refractivity contribution >= 4 is 0 Å². The first kappa shape index (κ1) is 13.4. The quantitative estimate of drug-likeness (QED) is 0.517. The fourth-order valence-corrected chi connectivity index (χ4v) is 3.25. The molecule has 0 aromatic carbocycles. The molecule has 100 valence electrons. The largest absolute Gasteiger partial charge is 0.401 e. The van der Waals surface area contributed by atoms with Gasteiger partial charge in [0.25, 0.3) is 0 Å². The fourth-order valence-electron chi connectivity index (χ4n) is 3.25. The highest BCUT2D eigenvalue weighted by Crippen LogP contribution is 2.61. The first-order valence-electron chi connectivity index (χ1n) is 5.93. The fraction of sp³-hybridized carbons (Fsp3) is 0.692. The van der Waals surface area contributed by atoms with E-state index in [0.29, 0.717) is 6.42 Å². The molecule has 2 rings (SSSR count). The molecule has 2 aliphatic carbocycles. The van der Waals surface area contributed by atoms with Crippen LogP contribution in [0.3, 0.4) is 0 Å². The van der Waals surface area contributed by atoms with Crippen LogP contribution < -0.4 is 0 Å². The summed E-state index contributed by atoms with van der Waals surface area (Å²) in [5.41, 5.74) is -4.54. The molecule has 0 unspecified atom stereocenters. The Bertz CT molecular complexity index is 421. The Morgan fingerprint density at radius 1 is 1.39 bits per heavy atom. The Morgan fingerprint density at radius 2 is 2.06 bits per heavy atom. The predicted octanol–water partition coefficient (Wildman–Crippen LogP) is 2.16. The zero-order valence-electron chi connectivity index (χ0n) is 9.80. The second-order valence-electron chi connectivity index (χ2n) is 5.06. The highest BCUT2D eigenvalue weighted by Gasteiger charge is 2.69. The van der Waals surface area contributed by atoms with Gasteiger partial charge in [-0.05, 0) is 32.1 Å². The van der Waals surface area contributed by atoms with E-state index in [4.69, 9.17) is 6.42 Å². The molecule has 0 aromatic heterocycles. The molecular formula is C13H15F3O2. The molecule has 0 spiro atoms. The van der Waals surface area contributed by atoms with Gasteiger partial charge in [-0.3, -0.25) is 0 Å². The highest BCUT2D eigenvalue weighted by atomic mass is 19.4. The molecule has 1 fully saturated rings. The van der Waals surface area contributed by atoms with E-state index in [1.165, 1.54) is 6.08 Å². The summed E-state index contributed by atoms with van der Waals surface area (Å²) in [6.45, 7) is 0. The molecule has 2 N–H and O–H groups in total. The van der Waals surface area contributed by atoms with Crippen molar-refractivity contribution < 1.29 is 23.4 Å². The van der Waals surface area contributed by atoms with E-state index in [9.17, 15) is 23.4 Å². The van der Waals surface area contributed by atoms with Crippen LogP contribution in [0.5, 0.6) is 0 Å². The van der Waals surface area contributed by atoms with E-state index in [1.54, 1.807) is 0 Å². The smallest absolute Gasteiger partial charge is 0.389 e. The van der Waals surface area contributed by atoms with Crippen molar-refractivity contribution in [3.05, 3.63) is 11.6 Å². The van der Waals surface area contributed by atoms with Crippen molar-refractivity contribution in [1.82, 2.24) is 0 Å². The molecule has 18 heavy (non-hydrogen) atoms. The Hall–Kier alpha value is -0.990. The summed E-state index contributed by atoms with van der Waals surface area (Å²) in [5.74, 6) is 1.95. The van der Waals surface area contributed by atoms with Gasteiger partial charge >= 0.3 is 6.18 Å². The van der Waals surface area contributed by atoms with Crippen LogP contribution in [0.2, 0.25) is 0 Å². The summed E-state index contributed by atoms with van der Waals surface area (Å²) < 4.78 is 40.5. The van der Waals surface area contributed by atoms with Gasteiger partial charge in [-0.2, -0.15) is 13.2 Å². The van der Waals surface area contributed by atoms with E-state index in [0.717, 1.165) is 0 Å². The van der Waals surface area contributed by atoms with Gasteiger partial charge in [-0.1, -0.05) is 17.6 Å². The second kappa shape index (κ2) is 4.01. The van der Waals surface area contributed by atoms with Crippen LogP contribution in [0.1, 0.15) is 32.1 Å². The van der Waals surface area contributed by atoms with Crippen molar-refractivity contribution in [1.29, 1.82) is 0 Å². The van der Waals surface area contributed by atoms with Gasteiger partial charge in [0.2, 0.25) is 0 Å². The second-order valence-corrected chi connectivity index (χ2v) is 5.06. The third-order valence-electron chi connectivity index (χ3n) is 4.17. The maximum absolute atomic E-state index is 13.5. The lowest BCUT2D eigenvalue weighted by molar-refractivity contribution is -0.268. The first-order valence-corrected chi connectivity index (χ1v) is 5.93. The van der Waals surface area contributed by atoms with Crippen LogP contribution in [-0.4, -0.2) is 28.1 Å². The normalized spacial score (nSPS) is 40.7. The number of aliphatic hydroxyl groups is 2. The predicted molar refractivity (Wildman–Crippen MR) is 59.4 cm³/mol. The number of terminal acetylenes is 1. The summed E-state index contributed by atoms with van der Waals surface area (Å²) in [7, 11) is 0. The molecule has 2 aliphatic rings. The lowest BCUT2D eigenvalue weighted by atomic mass is 9.56. The van der Waals surface area contributed by atoms with Crippen molar-refractivity contribution in [3.8, 4) is 12.3 Å². The van der Waals surface area contributed by atoms with Gasteiger partial charge in [-0.25, -0.2) is 0 Å². The average molecular weight is 260 g/mol. The van der Waals surface area contributed by atoms with Gasteiger partial charge in [0.05, 0.1) is 6.10 Å². The van der Waals surface area contributed by atoms with E-state index in [-0.39, 0.29) is 31.3 Å². The Labute approximate surface area is 104 Å². The van der Waals surface area contributed by atoms with Gasteiger partial charge in [-0.15, -0.1) is 6.42 Å². The van der Waals surface area contributed by atoms with Gasteiger partial charge in [0.15, 0.2) is 0 Å². The SMILES string of the molecule is C#C[C@]1(O)CCCC2=C[C@@H](O)CC[C@@]21C(F)(F)F. The maximum atomic E-state index is 13.5. The van der Waals surface area contributed by atoms with Gasteiger partial charge in [0.1, 0.15) is 11.0 Å². The summed E-state index contributed by atoms with van der Waals surface area (Å²) in [4.78, 5) is 0. The molecule has 3 atom stereocenters. The van der Waals surface area contributed by atoms with Crippen LogP contribution >= 0.6 is 0 Å². The molecule has 0 bridgehead atoms. The topological polar surface area (TPSA) is 40.5 Å². The van der Waals surface area contributed by atoms with Crippen molar-refractivity contribution in [2.24, 2.45) is 5.41 Å². The van der Waals surface area contributed by atoms with Crippen LogP contribution in [0.15, 0.2) is 11.6 Å². The lowest BCUT2D eigenvalue weighted by Crippen LogP contribution is -2.60. The zero-order chi connectivity index (χ0) is 13.6. The maximum Gasteiger partial charge on any atom is 0.401 e. The minimum Gasteiger partial charge on any atom is -0.389 e. The Kier molecular flexibility index (Phi) is 2.99. The minimum absolute atomic E-state index is 0.0347. The lowest BCUT2D eigenvalue weighted by Gasteiger charge is -2.52. The van der Waals surface area contributed by atoms with E-state index >= 15 is 0 Å². The van der Waals surface area contributed by atoms with E-state index < -0.39 is 23.3 Å². The number of hydrogen-bond acceptors (Lipinski definition) is 2. The Balaban J connectivity index is 2.63. The first-order chi connectivity index (χ1) is 8.27. The third-order valence-corrected chi connectivity index (χ3v) is 4.17. The number of aliphatic hydroxyl groups excluding tert-OH is 1. The number of halogens is 3. The molecule has 0 amide bonds. The molecule has 0 saturated heterocycles.